The number of alkyl halides is 13. The van der Waals surface area contributed by atoms with Crippen LogP contribution in [0.4, 0.5) is 57.1 Å². The molecule has 23 heavy (non-hydrogen) atoms. The van der Waals surface area contributed by atoms with Gasteiger partial charge in [-0.15, -0.1) is 0 Å². The molecule has 0 radical (unpaired) electrons. The Morgan fingerprint density at radius 3 is 1.30 bits per heavy atom. The quantitative estimate of drug-likeness (QED) is 0.480. The molecule has 0 bridgehead atoms. The molecule has 0 N–H and O–H groups in total. The smallest absolute Gasteiger partial charge is 0.370 e. The zero-order chi connectivity index (χ0) is 18.6. The summed E-state index contributed by atoms with van der Waals surface area (Å²) in [5, 5.41) is 0. The molecular formula is C9H5F13O. The van der Waals surface area contributed by atoms with E-state index in [0.717, 1.165) is 0 Å². The minimum atomic E-state index is -7.71. The molecule has 1 aliphatic heterocycles. The number of rotatable bonds is 7. The Balaban J connectivity index is 3.32. The van der Waals surface area contributed by atoms with Gasteiger partial charge in [-0.05, 0) is 0 Å². The van der Waals surface area contributed by atoms with E-state index in [4.69, 9.17) is 0 Å². The molecule has 1 fully saturated rings. The number of ether oxygens (including phenoxy) is 1. The fourth-order valence-corrected chi connectivity index (χ4v) is 1.38. The largest absolute Gasteiger partial charge is 0.384 e. The summed E-state index contributed by atoms with van der Waals surface area (Å²) in [4.78, 5) is 0. The van der Waals surface area contributed by atoms with Gasteiger partial charge < -0.3 is 4.74 Å². The van der Waals surface area contributed by atoms with Gasteiger partial charge in [0.05, 0.1) is 6.61 Å². The lowest BCUT2D eigenvalue weighted by atomic mass is 9.91. The number of epoxide rings is 1. The summed E-state index contributed by atoms with van der Waals surface area (Å²) in [6.07, 6.45) is -12.2. The van der Waals surface area contributed by atoms with Gasteiger partial charge in [-0.25, -0.2) is 13.2 Å². The van der Waals surface area contributed by atoms with Crippen LogP contribution in [0.3, 0.4) is 0 Å². The zero-order valence-corrected chi connectivity index (χ0v) is 10.3. The molecule has 0 spiro atoms. The van der Waals surface area contributed by atoms with E-state index in [1.54, 1.807) is 0 Å². The highest BCUT2D eigenvalue weighted by atomic mass is 19.4. The van der Waals surface area contributed by atoms with Gasteiger partial charge in [-0.2, -0.15) is 43.9 Å². The van der Waals surface area contributed by atoms with E-state index in [9.17, 15) is 57.1 Å². The number of hydrogen-bond donors (Lipinski definition) is 0. The predicted octanol–water partition coefficient (Wildman–Crippen LogP) is 4.16. The second-order valence-corrected chi connectivity index (χ2v) is 4.54. The highest BCUT2D eigenvalue weighted by Gasteiger charge is 2.89. The third-order valence-corrected chi connectivity index (χ3v) is 2.93. The van der Waals surface area contributed by atoms with Crippen LogP contribution in [0.5, 0.6) is 0 Å². The van der Waals surface area contributed by atoms with Crippen LogP contribution in [0.2, 0.25) is 0 Å². The molecule has 1 nitrogen and oxygen atoms in total. The molecule has 14 heteroatoms. The number of hydrogen-bond acceptors (Lipinski definition) is 1. The highest BCUT2D eigenvalue weighted by Crippen LogP contribution is 2.59. The monoisotopic (exact) mass is 376 g/mol. The van der Waals surface area contributed by atoms with E-state index in [-0.39, 0.29) is 0 Å². The third kappa shape index (κ3) is 2.61. The first-order chi connectivity index (χ1) is 9.96. The van der Waals surface area contributed by atoms with Gasteiger partial charge in [0.2, 0.25) is 0 Å². The van der Waals surface area contributed by atoms with Crippen LogP contribution in [-0.4, -0.2) is 54.9 Å². The summed E-state index contributed by atoms with van der Waals surface area (Å²) >= 11 is 0. The standard InChI is InChI=1S/C9H5F13O/c10-3(2-1-23-2)5(13,14)7(17,18)9(21,22)8(19,20)6(15,16)4(11)12/h2-4H,1H2. The van der Waals surface area contributed by atoms with Crippen molar-refractivity contribution in [1.82, 2.24) is 0 Å². The maximum atomic E-state index is 13.1. The summed E-state index contributed by atoms with van der Waals surface area (Å²) in [6.45, 7) is -0.942. The van der Waals surface area contributed by atoms with Crippen molar-refractivity contribution in [3.8, 4) is 0 Å². The highest BCUT2D eigenvalue weighted by molar-refractivity contribution is 5.12. The lowest BCUT2D eigenvalue weighted by Crippen LogP contribution is -2.70. The summed E-state index contributed by atoms with van der Waals surface area (Å²) in [5.41, 5.74) is 0. The maximum absolute atomic E-state index is 13.1. The normalized spacial score (nSPS) is 22.4. The van der Waals surface area contributed by atoms with Gasteiger partial charge in [-0.1, -0.05) is 0 Å². The van der Waals surface area contributed by atoms with E-state index in [1.165, 1.54) is 0 Å². The van der Waals surface area contributed by atoms with Crippen LogP contribution in [0.1, 0.15) is 0 Å². The molecule has 1 heterocycles. The Morgan fingerprint density at radius 1 is 0.652 bits per heavy atom. The average molecular weight is 376 g/mol. The SMILES string of the molecule is FC(F)C(F)(F)C(F)(F)C(F)(F)C(F)(F)C(F)(F)C(F)C1CO1. The lowest BCUT2D eigenvalue weighted by Gasteiger charge is -2.39. The van der Waals surface area contributed by atoms with Crippen molar-refractivity contribution in [3.63, 3.8) is 0 Å². The molecule has 2 atom stereocenters. The van der Waals surface area contributed by atoms with E-state index in [0.29, 0.717) is 0 Å². The summed E-state index contributed by atoms with van der Waals surface area (Å²) in [5.74, 6) is -36.4. The van der Waals surface area contributed by atoms with Crippen molar-refractivity contribution in [1.29, 1.82) is 0 Å². The molecule has 0 aromatic carbocycles. The first-order valence-corrected chi connectivity index (χ1v) is 5.39. The van der Waals surface area contributed by atoms with Gasteiger partial charge in [0.1, 0.15) is 6.10 Å². The Kier molecular flexibility index (Phi) is 4.61. The molecule has 138 valence electrons. The molecule has 0 aromatic rings. The minimum absolute atomic E-state index is 0.942. The Hall–Kier alpha value is -0.950. The number of halogens is 13. The molecule has 1 aliphatic rings. The topological polar surface area (TPSA) is 12.5 Å². The molecular weight excluding hydrogens is 371 g/mol. The molecule has 0 amide bonds. The Labute approximate surface area is 118 Å². The summed E-state index contributed by atoms with van der Waals surface area (Å²) in [7, 11) is 0. The fourth-order valence-electron chi connectivity index (χ4n) is 1.38. The van der Waals surface area contributed by atoms with E-state index >= 15 is 0 Å². The Morgan fingerprint density at radius 2 is 1.00 bits per heavy atom. The third-order valence-electron chi connectivity index (χ3n) is 2.93. The van der Waals surface area contributed by atoms with Crippen molar-refractivity contribution in [3.05, 3.63) is 0 Å². The molecule has 1 rings (SSSR count). The van der Waals surface area contributed by atoms with Crippen LogP contribution in [-0.2, 0) is 4.74 Å². The molecule has 0 aromatic heterocycles. The van der Waals surface area contributed by atoms with E-state index < -0.39 is 54.9 Å². The van der Waals surface area contributed by atoms with Crippen LogP contribution in [0.25, 0.3) is 0 Å². The van der Waals surface area contributed by atoms with E-state index in [1.807, 2.05) is 0 Å². The first kappa shape index (κ1) is 20.1. The first-order valence-electron chi connectivity index (χ1n) is 5.39. The fraction of sp³-hybridized carbons (Fsp3) is 1.00. The van der Waals surface area contributed by atoms with Crippen molar-refractivity contribution < 1.29 is 61.8 Å². The molecule has 1 saturated heterocycles. The van der Waals surface area contributed by atoms with Crippen LogP contribution < -0.4 is 0 Å². The molecule has 0 aliphatic carbocycles. The minimum Gasteiger partial charge on any atom is -0.370 e. The molecule has 0 saturated carbocycles. The van der Waals surface area contributed by atoms with Crippen molar-refractivity contribution in [2.75, 3.05) is 6.61 Å². The average Bonchev–Trinajstić information content (AvgIpc) is 3.20. The predicted molar refractivity (Wildman–Crippen MR) is 45.4 cm³/mol. The van der Waals surface area contributed by atoms with Crippen LogP contribution in [0.15, 0.2) is 0 Å². The van der Waals surface area contributed by atoms with Crippen molar-refractivity contribution >= 4 is 0 Å². The van der Waals surface area contributed by atoms with Gasteiger partial charge in [0, 0.05) is 0 Å². The van der Waals surface area contributed by atoms with Crippen molar-refractivity contribution in [2.45, 2.75) is 48.3 Å². The van der Waals surface area contributed by atoms with Crippen LogP contribution >= 0.6 is 0 Å². The zero-order valence-electron chi connectivity index (χ0n) is 10.3. The maximum Gasteiger partial charge on any atom is 0.384 e. The second-order valence-electron chi connectivity index (χ2n) is 4.54. The van der Waals surface area contributed by atoms with Gasteiger partial charge in [0.15, 0.2) is 6.17 Å². The second kappa shape index (κ2) is 5.28. The van der Waals surface area contributed by atoms with E-state index in [2.05, 4.69) is 4.74 Å². The molecule has 2 unspecified atom stereocenters. The van der Waals surface area contributed by atoms with Gasteiger partial charge in [-0.3, -0.25) is 0 Å². The summed E-state index contributed by atoms with van der Waals surface area (Å²) < 4.78 is 169. The van der Waals surface area contributed by atoms with Gasteiger partial charge >= 0.3 is 36.0 Å². The van der Waals surface area contributed by atoms with Crippen LogP contribution in [0, 0.1) is 0 Å². The lowest BCUT2D eigenvalue weighted by molar-refractivity contribution is -0.418. The summed E-state index contributed by atoms with van der Waals surface area (Å²) in [6, 6.07) is 0. The van der Waals surface area contributed by atoms with Crippen molar-refractivity contribution in [2.24, 2.45) is 0 Å². The van der Waals surface area contributed by atoms with Gasteiger partial charge in [0.25, 0.3) is 0 Å². The Bertz CT molecular complexity index is 441.